The summed E-state index contributed by atoms with van der Waals surface area (Å²) in [7, 11) is 0.0776. The molecular formula is C25H24N8O5S. The van der Waals surface area contributed by atoms with Gasteiger partial charge in [-0.2, -0.15) is 0 Å². The van der Waals surface area contributed by atoms with E-state index in [1.807, 2.05) is 13.0 Å². The van der Waals surface area contributed by atoms with Gasteiger partial charge in [-0.3, -0.25) is 14.5 Å². The molecule has 39 heavy (non-hydrogen) atoms. The number of hydrogen-bond acceptors (Lipinski definition) is 11. The first-order valence-electron chi connectivity index (χ1n) is 11.8. The minimum atomic E-state index is -3.01. The molecule has 0 amide bonds. The highest BCUT2D eigenvalue weighted by Gasteiger charge is 2.26. The van der Waals surface area contributed by atoms with Gasteiger partial charge in [-0.15, -0.1) is 0 Å². The fourth-order valence-corrected chi connectivity index (χ4v) is 4.53. The quantitative estimate of drug-likeness (QED) is 0.247. The third-order valence-electron chi connectivity index (χ3n) is 5.67. The molecule has 4 aromatic heterocycles. The van der Waals surface area contributed by atoms with E-state index < -0.39 is 16.9 Å². The molecule has 0 bridgehead atoms. The molecule has 5 rings (SSSR count). The molecule has 14 heteroatoms. The highest BCUT2D eigenvalue weighted by atomic mass is 32.2. The van der Waals surface area contributed by atoms with Crippen LogP contribution in [0.25, 0.3) is 28.5 Å². The molecule has 5 aromatic rings. The summed E-state index contributed by atoms with van der Waals surface area (Å²) in [5.74, 6) is 1.78. The maximum absolute atomic E-state index is 11.7. The Morgan fingerprint density at radius 2 is 1.69 bits per heavy atom. The summed E-state index contributed by atoms with van der Waals surface area (Å²) in [6.07, 6.45) is 5.86. The predicted molar refractivity (Wildman–Crippen MR) is 141 cm³/mol. The molecule has 4 heterocycles. The van der Waals surface area contributed by atoms with Gasteiger partial charge in [-0.05, 0) is 25.1 Å². The van der Waals surface area contributed by atoms with Crippen LogP contribution in [-0.2, 0) is 10.9 Å². The van der Waals surface area contributed by atoms with Crippen molar-refractivity contribution in [2.45, 2.75) is 13.0 Å². The standard InChI is InChI=1S/C25H24N8O5S/c1-4-38-20-10-5-7-15(29-20)24-31-23-25(33(24)22-18(36-2)8-6-9-19(22)37-3)30-17(14-28-23)21(32-39(34)35)16-13-26-11-12-27-16/h5-14,21,39H,4H2,1-3H3,(H,32,34,35). The van der Waals surface area contributed by atoms with Gasteiger partial charge in [-0.1, -0.05) is 12.1 Å². The molecule has 0 saturated heterocycles. The first-order valence-corrected chi connectivity index (χ1v) is 12.9. The summed E-state index contributed by atoms with van der Waals surface area (Å²) in [5.41, 5.74) is 2.22. The van der Waals surface area contributed by atoms with Gasteiger partial charge < -0.3 is 14.2 Å². The van der Waals surface area contributed by atoms with Crippen LogP contribution in [0.1, 0.15) is 24.4 Å². The average Bonchev–Trinajstić information content (AvgIpc) is 3.34. The third-order valence-corrected chi connectivity index (χ3v) is 6.14. The number of para-hydroxylation sites is 1. The Labute approximate surface area is 225 Å². The molecule has 0 aliphatic carbocycles. The first kappa shape index (κ1) is 25.9. The SMILES string of the molecule is CCOc1cccc(-c2nc3ncc(C(N[SH](=O)=O)c4cnccn4)nc3n2-c2c(OC)cccc2OC)n1. The van der Waals surface area contributed by atoms with Crippen molar-refractivity contribution < 1.29 is 22.6 Å². The van der Waals surface area contributed by atoms with E-state index in [-0.39, 0.29) is 11.3 Å². The van der Waals surface area contributed by atoms with Crippen molar-refractivity contribution >= 4 is 22.2 Å². The van der Waals surface area contributed by atoms with Crippen LogP contribution in [0.4, 0.5) is 0 Å². The van der Waals surface area contributed by atoms with Gasteiger partial charge in [0, 0.05) is 18.5 Å². The Kier molecular flexibility index (Phi) is 7.56. The van der Waals surface area contributed by atoms with Crippen LogP contribution < -0.4 is 18.9 Å². The number of rotatable bonds is 10. The van der Waals surface area contributed by atoms with E-state index in [1.165, 1.54) is 24.8 Å². The number of aromatic nitrogens is 7. The van der Waals surface area contributed by atoms with Crippen LogP contribution in [0.5, 0.6) is 17.4 Å². The van der Waals surface area contributed by atoms with Crippen molar-refractivity contribution in [1.82, 2.24) is 39.2 Å². The number of methoxy groups -OCH3 is 2. The molecule has 0 aliphatic rings. The molecule has 0 spiro atoms. The summed E-state index contributed by atoms with van der Waals surface area (Å²) >= 11 is 0. The third kappa shape index (κ3) is 5.19. The first-order chi connectivity index (χ1) is 19.0. The second kappa shape index (κ2) is 11.4. The molecule has 13 nitrogen and oxygen atoms in total. The molecular weight excluding hydrogens is 524 g/mol. The lowest BCUT2D eigenvalue weighted by Gasteiger charge is -2.17. The van der Waals surface area contributed by atoms with Gasteiger partial charge in [0.05, 0.1) is 44.6 Å². The van der Waals surface area contributed by atoms with Gasteiger partial charge >= 0.3 is 0 Å². The lowest BCUT2D eigenvalue weighted by molar-refractivity contribution is 0.327. The molecule has 1 N–H and O–H groups in total. The van der Waals surface area contributed by atoms with Crippen molar-refractivity contribution in [2.24, 2.45) is 0 Å². The van der Waals surface area contributed by atoms with E-state index in [1.54, 1.807) is 49.1 Å². The molecule has 0 aliphatic heterocycles. The molecule has 0 saturated carbocycles. The molecule has 0 radical (unpaired) electrons. The largest absolute Gasteiger partial charge is 0.494 e. The lowest BCUT2D eigenvalue weighted by atomic mass is 10.1. The Balaban J connectivity index is 1.81. The molecule has 1 atom stereocenters. The number of ether oxygens (including phenoxy) is 3. The van der Waals surface area contributed by atoms with Crippen molar-refractivity contribution in [3.63, 3.8) is 0 Å². The highest BCUT2D eigenvalue weighted by Crippen LogP contribution is 2.38. The van der Waals surface area contributed by atoms with Gasteiger partial charge in [0.2, 0.25) is 16.8 Å². The fraction of sp³-hybridized carbons (Fsp3) is 0.200. The van der Waals surface area contributed by atoms with Gasteiger partial charge in [0.25, 0.3) is 0 Å². The van der Waals surface area contributed by atoms with E-state index in [0.717, 1.165) is 0 Å². The van der Waals surface area contributed by atoms with Crippen LogP contribution >= 0.6 is 0 Å². The molecule has 200 valence electrons. The monoisotopic (exact) mass is 548 g/mol. The summed E-state index contributed by atoms with van der Waals surface area (Å²) in [5, 5.41) is 0. The van der Waals surface area contributed by atoms with Crippen molar-refractivity contribution in [3.05, 3.63) is 72.6 Å². The van der Waals surface area contributed by atoms with Gasteiger partial charge in [-0.25, -0.2) is 33.1 Å². The topological polar surface area (TPSA) is 156 Å². The summed E-state index contributed by atoms with van der Waals surface area (Å²) in [6.45, 7) is 2.31. The summed E-state index contributed by atoms with van der Waals surface area (Å²) in [4.78, 5) is 27.0. The second-order valence-corrected chi connectivity index (χ2v) is 8.74. The van der Waals surface area contributed by atoms with E-state index in [4.69, 9.17) is 24.2 Å². The highest BCUT2D eigenvalue weighted by molar-refractivity contribution is 7.70. The number of benzene rings is 1. The average molecular weight is 549 g/mol. The normalized spacial score (nSPS) is 12.0. The van der Waals surface area contributed by atoms with Gasteiger partial charge in [0.1, 0.15) is 28.9 Å². The Morgan fingerprint density at radius 3 is 2.36 bits per heavy atom. The number of fused-ring (bicyclic) bond motifs is 1. The van der Waals surface area contributed by atoms with Crippen LogP contribution in [0.3, 0.4) is 0 Å². The van der Waals surface area contributed by atoms with E-state index in [0.29, 0.717) is 52.5 Å². The van der Waals surface area contributed by atoms with E-state index in [9.17, 15) is 8.42 Å². The minimum Gasteiger partial charge on any atom is -0.494 e. The number of nitrogens with one attached hydrogen (secondary N) is 1. The number of imidazole rings is 1. The van der Waals surface area contributed by atoms with Crippen molar-refractivity contribution in [3.8, 4) is 34.6 Å². The Bertz CT molecular complexity index is 1660. The van der Waals surface area contributed by atoms with Crippen molar-refractivity contribution in [2.75, 3.05) is 20.8 Å². The number of hydrogen-bond donors (Lipinski definition) is 2. The number of pyridine rings is 1. The molecule has 1 aromatic carbocycles. The summed E-state index contributed by atoms with van der Waals surface area (Å²) < 4.78 is 44.6. The van der Waals surface area contributed by atoms with Crippen molar-refractivity contribution in [1.29, 1.82) is 0 Å². The van der Waals surface area contributed by atoms with Crippen LogP contribution in [0.2, 0.25) is 0 Å². The zero-order valence-electron chi connectivity index (χ0n) is 21.2. The fourth-order valence-electron chi connectivity index (χ4n) is 4.06. The Hall–Kier alpha value is -4.69. The van der Waals surface area contributed by atoms with E-state index >= 15 is 0 Å². The van der Waals surface area contributed by atoms with Crippen LogP contribution in [0.15, 0.2) is 61.2 Å². The zero-order valence-corrected chi connectivity index (χ0v) is 22.1. The van der Waals surface area contributed by atoms with Crippen LogP contribution in [0, 0.1) is 0 Å². The smallest absolute Gasteiger partial charge is 0.213 e. The van der Waals surface area contributed by atoms with Gasteiger partial charge in [0.15, 0.2) is 17.1 Å². The Morgan fingerprint density at radius 1 is 0.923 bits per heavy atom. The molecule has 1 unspecified atom stereocenters. The summed E-state index contributed by atoms with van der Waals surface area (Å²) in [6, 6.07) is 9.75. The van der Waals surface area contributed by atoms with Crippen LogP contribution in [-0.4, -0.2) is 63.7 Å². The lowest BCUT2D eigenvalue weighted by Crippen LogP contribution is -2.23. The maximum atomic E-state index is 11.7. The number of nitrogens with zero attached hydrogens (tertiary/aromatic N) is 7. The minimum absolute atomic E-state index is 0.278. The maximum Gasteiger partial charge on any atom is 0.213 e. The number of thiol groups is 1. The predicted octanol–water partition coefficient (Wildman–Crippen LogP) is 2.29. The second-order valence-electron chi connectivity index (χ2n) is 7.97. The molecule has 0 fully saturated rings. The van der Waals surface area contributed by atoms with E-state index in [2.05, 4.69) is 24.7 Å². The zero-order chi connectivity index (χ0) is 27.4.